The summed E-state index contributed by atoms with van der Waals surface area (Å²) < 4.78 is 20.0. The molecule has 1 unspecified atom stereocenters. The summed E-state index contributed by atoms with van der Waals surface area (Å²) in [5, 5.41) is 2.76. The lowest BCUT2D eigenvalue weighted by Gasteiger charge is -2.23. The van der Waals surface area contributed by atoms with E-state index in [-0.39, 0.29) is 30.5 Å². The third-order valence-corrected chi connectivity index (χ3v) is 5.81. The molecule has 2 saturated heterocycles. The first-order valence-corrected chi connectivity index (χ1v) is 10.3. The Kier molecular flexibility index (Phi) is 5.61. The van der Waals surface area contributed by atoms with Gasteiger partial charge in [0, 0.05) is 26.1 Å². The number of aryl methyl sites for hydroxylation is 1. The molecule has 0 bridgehead atoms. The first-order valence-electron chi connectivity index (χ1n) is 10.3. The van der Waals surface area contributed by atoms with E-state index in [2.05, 4.69) is 10.2 Å². The summed E-state index contributed by atoms with van der Waals surface area (Å²) in [6, 6.07) is 10.4. The number of hydrogen-bond donors (Lipinski definition) is 1. The maximum atomic E-state index is 14.6. The highest BCUT2D eigenvalue weighted by Crippen LogP contribution is 2.35. The van der Waals surface area contributed by atoms with Crippen LogP contribution >= 0.6 is 0 Å². The Bertz CT molecular complexity index is 972. The van der Waals surface area contributed by atoms with Crippen LogP contribution in [0.3, 0.4) is 0 Å². The van der Waals surface area contributed by atoms with Gasteiger partial charge >= 0.3 is 0 Å². The summed E-state index contributed by atoms with van der Waals surface area (Å²) in [4.78, 5) is 29.3. The van der Waals surface area contributed by atoms with Crippen molar-refractivity contribution in [2.75, 3.05) is 41.9 Å². The van der Waals surface area contributed by atoms with Crippen LogP contribution in [0, 0.1) is 18.7 Å². The predicted molar refractivity (Wildman–Crippen MR) is 115 cm³/mol. The van der Waals surface area contributed by atoms with E-state index in [1.807, 2.05) is 31.2 Å². The molecular formula is C23H26FN3O3. The number of halogens is 1. The van der Waals surface area contributed by atoms with Crippen LogP contribution in [0.25, 0.3) is 0 Å². The van der Waals surface area contributed by atoms with Gasteiger partial charge in [0.15, 0.2) is 0 Å². The molecule has 1 atom stereocenters. The van der Waals surface area contributed by atoms with Crippen molar-refractivity contribution in [2.24, 2.45) is 5.92 Å². The average Bonchev–Trinajstić information content (AvgIpc) is 3.39. The number of hydrogen-bond acceptors (Lipinski definition) is 4. The number of carbonyl (C=O) groups excluding carboxylic acids is 2. The van der Waals surface area contributed by atoms with Gasteiger partial charge in [-0.25, -0.2) is 4.39 Å². The minimum absolute atomic E-state index is 0.0798. The number of rotatable bonds is 5. The van der Waals surface area contributed by atoms with Gasteiger partial charge in [-0.15, -0.1) is 0 Å². The number of anilines is 3. The molecule has 0 radical (unpaired) electrons. The van der Waals surface area contributed by atoms with Gasteiger partial charge in [0.1, 0.15) is 17.3 Å². The van der Waals surface area contributed by atoms with Gasteiger partial charge in [-0.05, 0) is 49.6 Å². The molecule has 0 aliphatic carbocycles. The maximum absolute atomic E-state index is 14.6. The lowest BCUT2D eigenvalue weighted by Crippen LogP contribution is -2.29. The minimum Gasteiger partial charge on any atom is -0.495 e. The van der Waals surface area contributed by atoms with Crippen molar-refractivity contribution in [1.29, 1.82) is 0 Å². The number of carbonyl (C=O) groups is 2. The van der Waals surface area contributed by atoms with Crippen molar-refractivity contribution < 1.29 is 18.7 Å². The molecule has 2 amide bonds. The molecule has 2 aromatic rings. The van der Waals surface area contributed by atoms with Crippen LogP contribution in [0.4, 0.5) is 21.5 Å². The van der Waals surface area contributed by atoms with Crippen LogP contribution in [0.1, 0.15) is 24.8 Å². The van der Waals surface area contributed by atoms with E-state index in [1.165, 1.54) is 6.07 Å². The van der Waals surface area contributed by atoms with Crippen LogP contribution in [0.2, 0.25) is 0 Å². The molecule has 0 saturated carbocycles. The van der Waals surface area contributed by atoms with Gasteiger partial charge in [-0.1, -0.05) is 12.1 Å². The summed E-state index contributed by atoms with van der Waals surface area (Å²) in [6.07, 6.45) is 2.18. The van der Waals surface area contributed by atoms with Gasteiger partial charge in [0.25, 0.3) is 0 Å². The van der Waals surface area contributed by atoms with Crippen molar-refractivity contribution in [2.45, 2.75) is 26.2 Å². The monoisotopic (exact) mass is 411 g/mol. The zero-order valence-corrected chi connectivity index (χ0v) is 17.3. The number of para-hydroxylation sites is 1. The zero-order valence-electron chi connectivity index (χ0n) is 17.3. The fourth-order valence-electron chi connectivity index (χ4n) is 4.21. The number of ether oxygens (including phenoxy) is 1. The highest BCUT2D eigenvalue weighted by atomic mass is 19.1. The Morgan fingerprint density at radius 2 is 1.93 bits per heavy atom. The number of benzene rings is 2. The van der Waals surface area contributed by atoms with Gasteiger partial charge < -0.3 is 19.9 Å². The second-order valence-corrected chi connectivity index (χ2v) is 7.90. The third-order valence-electron chi connectivity index (χ3n) is 5.81. The molecule has 2 aliphatic heterocycles. The van der Waals surface area contributed by atoms with Crippen molar-refractivity contribution >= 4 is 28.9 Å². The normalized spacial score (nSPS) is 18.8. The molecule has 30 heavy (non-hydrogen) atoms. The van der Waals surface area contributed by atoms with E-state index in [0.29, 0.717) is 17.1 Å². The van der Waals surface area contributed by atoms with Crippen LogP contribution in [0.15, 0.2) is 36.4 Å². The largest absolute Gasteiger partial charge is 0.495 e. The van der Waals surface area contributed by atoms with Crippen LogP contribution < -0.4 is 19.9 Å². The Morgan fingerprint density at radius 3 is 2.67 bits per heavy atom. The van der Waals surface area contributed by atoms with E-state index < -0.39 is 11.7 Å². The Balaban J connectivity index is 1.54. The molecule has 2 aliphatic rings. The van der Waals surface area contributed by atoms with Gasteiger partial charge in [-0.2, -0.15) is 0 Å². The molecule has 2 heterocycles. The third kappa shape index (κ3) is 3.84. The Hall–Kier alpha value is -3.09. The summed E-state index contributed by atoms with van der Waals surface area (Å²) in [6.45, 7) is 3.86. The molecule has 158 valence electrons. The minimum atomic E-state index is -0.561. The summed E-state index contributed by atoms with van der Waals surface area (Å²) >= 11 is 0. The Labute approximate surface area is 175 Å². The van der Waals surface area contributed by atoms with Gasteiger partial charge in [0.05, 0.1) is 24.4 Å². The topological polar surface area (TPSA) is 61.9 Å². The zero-order chi connectivity index (χ0) is 21.3. The smallest absolute Gasteiger partial charge is 0.229 e. The first-order chi connectivity index (χ1) is 14.5. The van der Waals surface area contributed by atoms with E-state index >= 15 is 0 Å². The molecule has 4 rings (SSSR count). The van der Waals surface area contributed by atoms with Crippen molar-refractivity contribution in [3.8, 4) is 5.75 Å². The second kappa shape index (κ2) is 8.34. The van der Waals surface area contributed by atoms with Crippen LogP contribution in [-0.4, -0.2) is 38.6 Å². The quantitative estimate of drug-likeness (QED) is 0.814. The molecule has 6 nitrogen and oxygen atoms in total. The van der Waals surface area contributed by atoms with E-state index in [1.54, 1.807) is 18.1 Å². The average molecular weight is 411 g/mol. The van der Waals surface area contributed by atoms with Crippen LogP contribution in [-0.2, 0) is 9.59 Å². The lowest BCUT2D eigenvalue weighted by atomic mass is 10.1. The Morgan fingerprint density at radius 1 is 1.17 bits per heavy atom. The molecule has 7 heteroatoms. The standard InChI is InChI=1S/C23H26FN3O3/c1-15-8-9-20(30-2)19(12-15)27-14-16(13-21(27)28)23(29)25-22-17(24)6-5-7-18(22)26-10-3-4-11-26/h5-9,12,16H,3-4,10-11,13-14H2,1-2H3,(H,25,29). The highest BCUT2D eigenvalue weighted by Gasteiger charge is 2.37. The summed E-state index contributed by atoms with van der Waals surface area (Å²) in [7, 11) is 1.55. The summed E-state index contributed by atoms with van der Waals surface area (Å²) in [5.41, 5.74) is 2.54. The van der Waals surface area contributed by atoms with Gasteiger partial charge in [-0.3, -0.25) is 9.59 Å². The molecule has 0 spiro atoms. The van der Waals surface area contributed by atoms with E-state index in [9.17, 15) is 14.0 Å². The highest BCUT2D eigenvalue weighted by molar-refractivity contribution is 6.05. The number of methoxy groups -OCH3 is 1. The molecule has 1 N–H and O–H groups in total. The predicted octanol–water partition coefficient (Wildman–Crippen LogP) is 3.73. The SMILES string of the molecule is COc1ccc(C)cc1N1CC(C(=O)Nc2c(F)cccc2N2CCCC2)CC1=O. The molecule has 2 fully saturated rings. The number of nitrogens with zero attached hydrogens (tertiary/aromatic N) is 2. The number of amides is 2. The van der Waals surface area contributed by atoms with Crippen LogP contribution in [0.5, 0.6) is 5.75 Å². The first kappa shape index (κ1) is 20.2. The van der Waals surface area contributed by atoms with E-state index in [0.717, 1.165) is 31.5 Å². The second-order valence-electron chi connectivity index (χ2n) is 7.90. The fraction of sp³-hybridized carbons (Fsp3) is 0.391. The fourth-order valence-corrected chi connectivity index (χ4v) is 4.21. The summed E-state index contributed by atoms with van der Waals surface area (Å²) in [5.74, 6) is -0.932. The number of nitrogens with one attached hydrogen (secondary N) is 1. The maximum Gasteiger partial charge on any atom is 0.229 e. The lowest BCUT2D eigenvalue weighted by molar-refractivity contribution is -0.122. The van der Waals surface area contributed by atoms with Crippen molar-refractivity contribution in [1.82, 2.24) is 0 Å². The van der Waals surface area contributed by atoms with Crippen molar-refractivity contribution in [3.63, 3.8) is 0 Å². The molecule has 0 aromatic heterocycles. The molecular weight excluding hydrogens is 385 g/mol. The van der Waals surface area contributed by atoms with Gasteiger partial charge in [0.2, 0.25) is 11.8 Å². The van der Waals surface area contributed by atoms with Crippen molar-refractivity contribution in [3.05, 3.63) is 47.8 Å². The molecule has 2 aromatic carbocycles. The van der Waals surface area contributed by atoms with E-state index in [4.69, 9.17) is 4.74 Å².